The molecule has 0 radical (unpaired) electrons. The van der Waals surface area contributed by atoms with Gasteiger partial charge in [0.25, 0.3) is 10.0 Å². The monoisotopic (exact) mass is 332 g/mol. The zero-order valence-electron chi connectivity index (χ0n) is 10.3. The third-order valence-electron chi connectivity index (χ3n) is 2.41. The van der Waals surface area contributed by atoms with E-state index in [1.165, 1.54) is 18.2 Å². The van der Waals surface area contributed by atoms with Crippen LogP contribution in [0.25, 0.3) is 0 Å². The topological polar surface area (TPSA) is 87.2 Å². The molecule has 0 aliphatic carbocycles. The lowest BCUT2D eigenvalue weighted by atomic mass is 10.3. The summed E-state index contributed by atoms with van der Waals surface area (Å²) in [7, 11) is -3.86. The van der Waals surface area contributed by atoms with Gasteiger partial charge in [-0.1, -0.05) is 23.2 Å². The van der Waals surface area contributed by atoms with Gasteiger partial charge in [0, 0.05) is 11.2 Å². The Kier molecular flexibility index (Phi) is 4.32. The van der Waals surface area contributed by atoms with Crippen LogP contribution in [0.15, 0.2) is 40.5 Å². The van der Waals surface area contributed by atoms with Crippen molar-refractivity contribution in [3.05, 3.63) is 46.2 Å². The quantitative estimate of drug-likeness (QED) is 0.665. The van der Waals surface area contributed by atoms with Crippen molar-refractivity contribution in [3.8, 4) is 0 Å². The molecule has 0 aliphatic heterocycles. The van der Waals surface area contributed by atoms with Gasteiger partial charge in [-0.2, -0.15) is 23.4 Å². The maximum Gasteiger partial charge on any atom is 0.278 e. The van der Waals surface area contributed by atoms with Crippen LogP contribution in [-0.4, -0.2) is 24.3 Å². The summed E-state index contributed by atoms with van der Waals surface area (Å²) in [5, 5.41) is 10.6. The minimum absolute atomic E-state index is 0.0272. The molecule has 0 saturated heterocycles. The standard InChI is InChI=1S/C11H10Cl2N4O2S/c1-7(10-4-5-14-16-10)15-17-20(18,19)11-3-2-8(12)6-9(11)13/h2-6,17H,1H3,(H,14,16)/b15-7+. The number of hydrogen-bond donors (Lipinski definition) is 2. The summed E-state index contributed by atoms with van der Waals surface area (Å²) in [4.78, 5) is 2.02. The summed E-state index contributed by atoms with van der Waals surface area (Å²) in [6.45, 7) is 1.64. The molecule has 6 nitrogen and oxygen atoms in total. The molecule has 20 heavy (non-hydrogen) atoms. The maximum absolute atomic E-state index is 12.1. The number of hydrogen-bond acceptors (Lipinski definition) is 4. The highest BCUT2D eigenvalue weighted by Gasteiger charge is 2.17. The van der Waals surface area contributed by atoms with Gasteiger partial charge in [-0.3, -0.25) is 5.10 Å². The number of benzene rings is 1. The van der Waals surface area contributed by atoms with Crippen LogP contribution in [0.5, 0.6) is 0 Å². The molecule has 1 heterocycles. The average molecular weight is 333 g/mol. The zero-order chi connectivity index (χ0) is 14.8. The Labute approximate surface area is 125 Å². The van der Waals surface area contributed by atoms with Crippen LogP contribution in [0.2, 0.25) is 10.0 Å². The average Bonchev–Trinajstić information content (AvgIpc) is 2.89. The molecule has 0 bridgehead atoms. The molecule has 0 amide bonds. The molecule has 0 spiro atoms. The van der Waals surface area contributed by atoms with E-state index in [2.05, 4.69) is 20.1 Å². The third kappa shape index (κ3) is 3.30. The molecule has 2 N–H and O–H groups in total. The molecule has 0 atom stereocenters. The summed E-state index contributed by atoms with van der Waals surface area (Å²) in [5.74, 6) is 0. The first-order valence-corrected chi connectivity index (χ1v) is 7.65. The second-order valence-electron chi connectivity index (χ2n) is 3.84. The number of nitrogens with zero attached hydrogens (tertiary/aromatic N) is 2. The van der Waals surface area contributed by atoms with Crippen molar-refractivity contribution >= 4 is 38.9 Å². The van der Waals surface area contributed by atoms with Crippen LogP contribution in [0.3, 0.4) is 0 Å². The fourth-order valence-corrected chi connectivity index (χ4v) is 3.02. The van der Waals surface area contributed by atoms with Gasteiger partial charge in [0.15, 0.2) is 0 Å². The van der Waals surface area contributed by atoms with Crippen LogP contribution >= 0.6 is 23.2 Å². The molecule has 0 fully saturated rings. The lowest BCUT2D eigenvalue weighted by Crippen LogP contribution is -2.20. The predicted octanol–water partition coefficient (Wildman–Crippen LogP) is 2.42. The Hall–Kier alpha value is -1.57. The smallest absolute Gasteiger partial charge is 0.277 e. The summed E-state index contributed by atoms with van der Waals surface area (Å²) < 4.78 is 24.1. The first-order chi connectivity index (χ1) is 9.40. The highest BCUT2D eigenvalue weighted by atomic mass is 35.5. The maximum atomic E-state index is 12.1. The number of H-pyrrole nitrogens is 1. The fraction of sp³-hybridized carbons (Fsp3) is 0.0909. The normalized spacial score (nSPS) is 12.4. The molecule has 0 saturated carbocycles. The van der Waals surface area contributed by atoms with E-state index >= 15 is 0 Å². The Morgan fingerprint density at radius 3 is 2.70 bits per heavy atom. The second-order valence-corrected chi connectivity index (χ2v) is 6.31. The van der Waals surface area contributed by atoms with Crippen LogP contribution < -0.4 is 4.83 Å². The lowest BCUT2D eigenvalue weighted by Gasteiger charge is -2.06. The number of nitrogens with one attached hydrogen (secondary N) is 2. The largest absolute Gasteiger partial charge is 0.278 e. The van der Waals surface area contributed by atoms with Crippen molar-refractivity contribution in [2.75, 3.05) is 0 Å². The minimum Gasteiger partial charge on any atom is -0.277 e. The molecule has 1 aromatic carbocycles. The van der Waals surface area contributed by atoms with Crippen molar-refractivity contribution in [2.24, 2.45) is 5.10 Å². The van der Waals surface area contributed by atoms with Gasteiger partial charge in [-0.25, -0.2) is 0 Å². The highest BCUT2D eigenvalue weighted by Crippen LogP contribution is 2.24. The van der Waals surface area contributed by atoms with Crippen LogP contribution in [-0.2, 0) is 10.0 Å². The summed E-state index contributed by atoms with van der Waals surface area (Å²) >= 11 is 11.6. The zero-order valence-corrected chi connectivity index (χ0v) is 12.6. The Morgan fingerprint density at radius 2 is 2.10 bits per heavy atom. The van der Waals surface area contributed by atoms with E-state index in [4.69, 9.17) is 23.2 Å². The van der Waals surface area contributed by atoms with Crippen molar-refractivity contribution in [2.45, 2.75) is 11.8 Å². The second kappa shape index (κ2) is 5.82. The summed E-state index contributed by atoms with van der Waals surface area (Å²) in [5.41, 5.74) is 1.05. The summed E-state index contributed by atoms with van der Waals surface area (Å²) in [6.07, 6.45) is 1.54. The number of hydrazone groups is 1. The van der Waals surface area contributed by atoms with Gasteiger partial charge >= 0.3 is 0 Å². The molecule has 1 aromatic heterocycles. The molecule has 2 rings (SSSR count). The van der Waals surface area contributed by atoms with E-state index in [1.54, 1.807) is 19.2 Å². The number of halogens is 2. The van der Waals surface area contributed by atoms with E-state index in [1.807, 2.05) is 0 Å². The van der Waals surface area contributed by atoms with Gasteiger partial charge in [-0.05, 0) is 31.2 Å². The number of aromatic nitrogens is 2. The van der Waals surface area contributed by atoms with Crippen LogP contribution in [0.4, 0.5) is 0 Å². The molecular formula is C11H10Cl2N4O2S. The van der Waals surface area contributed by atoms with Crippen molar-refractivity contribution in [3.63, 3.8) is 0 Å². The van der Waals surface area contributed by atoms with Gasteiger partial charge in [0.2, 0.25) is 0 Å². The fourth-order valence-electron chi connectivity index (χ4n) is 1.39. The van der Waals surface area contributed by atoms with Gasteiger partial charge in [0.1, 0.15) is 4.90 Å². The number of aromatic amines is 1. The molecule has 0 unspecified atom stereocenters. The van der Waals surface area contributed by atoms with Crippen molar-refractivity contribution < 1.29 is 8.42 Å². The lowest BCUT2D eigenvalue weighted by molar-refractivity contribution is 0.584. The van der Waals surface area contributed by atoms with E-state index in [-0.39, 0.29) is 9.92 Å². The molecule has 106 valence electrons. The summed E-state index contributed by atoms with van der Waals surface area (Å²) in [6, 6.07) is 5.77. The Bertz CT molecular complexity index is 742. The number of sulfonamides is 1. The molecule has 0 aliphatic rings. The van der Waals surface area contributed by atoms with Crippen LogP contribution in [0, 0.1) is 0 Å². The van der Waals surface area contributed by atoms with Gasteiger partial charge in [0.05, 0.1) is 16.4 Å². The van der Waals surface area contributed by atoms with Crippen LogP contribution in [0.1, 0.15) is 12.6 Å². The SMILES string of the molecule is C/C(=N\NS(=O)(=O)c1ccc(Cl)cc1Cl)c1ccn[nH]1. The van der Waals surface area contributed by atoms with Gasteiger partial charge < -0.3 is 0 Å². The molecule has 2 aromatic rings. The first kappa shape index (κ1) is 14.8. The van der Waals surface area contributed by atoms with E-state index in [0.717, 1.165) is 0 Å². The van der Waals surface area contributed by atoms with E-state index in [0.29, 0.717) is 16.4 Å². The minimum atomic E-state index is -3.86. The molecule has 9 heteroatoms. The van der Waals surface area contributed by atoms with E-state index in [9.17, 15) is 8.42 Å². The van der Waals surface area contributed by atoms with Gasteiger partial charge in [-0.15, -0.1) is 0 Å². The first-order valence-electron chi connectivity index (χ1n) is 5.41. The van der Waals surface area contributed by atoms with Crippen molar-refractivity contribution in [1.82, 2.24) is 15.0 Å². The molecular weight excluding hydrogens is 323 g/mol. The Balaban J connectivity index is 2.26. The predicted molar refractivity (Wildman–Crippen MR) is 77.6 cm³/mol. The van der Waals surface area contributed by atoms with E-state index < -0.39 is 10.0 Å². The highest BCUT2D eigenvalue weighted by molar-refractivity contribution is 7.89. The Morgan fingerprint density at radius 1 is 1.35 bits per heavy atom. The third-order valence-corrected chi connectivity index (χ3v) is 4.33. The number of rotatable bonds is 4. The van der Waals surface area contributed by atoms with Crippen molar-refractivity contribution in [1.29, 1.82) is 0 Å².